The number of aliphatic imine (C=N–C) groups is 1. The summed E-state index contributed by atoms with van der Waals surface area (Å²) in [6.45, 7) is 4.54. The van der Waals surface area contributed by atoms with Crippen molar-refractivity contribution in [3.05, 3.63) is 35.3 Å². The zero-order chi connectivity index (χ0) is 17.8. The summed E-state index contributed by atoms with van der Waals surface area (Å²) < 4.78 is 25.5. The number of fused-ring (bicyclic) bond motifs is 6. The molecule has 4 heterocycles. The molecule has 4 atom stereocenters. The van der Waals surface area contributed by atoms with Crippen LogP contribution in [0, 0.1) is 24.6 Å². The normalized spacial score (nSPS) is 29.3. The van der Waals surface area contributed by atoms with Gasteiger partial charge in [0.2, 0.25) is 0 Å². The minimum atomic E-state index is -0.239. The molecule has 2 bridgehead atoms. The lowest BCUT2D eigenvalue weighted by atomic mass is 9.82. The molecule has 27 heavy (non-hydrogen) atoms. The molecule has 3 aliphatic heterocycles. The SMILES string of the molecule is CN=C(NCc1oc2ccc(F)cc2c1C)N1CC2C3CCC(O3)C2C1.I. The molecule has 5 nitrogen and oxygen atoms in total. The van der Waals surface area contributed by atoms with Gasteiger partial charge in [-0.2, -0.15) is 0 Å². The number of ether oxygens (including phenoxy) is 1. The van der Waals surface area contributed by atoms with E-state index >= 15 is 0 Å². The average molecular weight is 485 g/mol. The number of furan rings is 1. The molecule has 7 heteroatoms. The van der Waals surface area contributed by atoms with Crippen molar-refractivity contribution in [1.29, 1.82) is 0 Å². The lowest BCUT2D eigenvalue weighted by molar-refractivity contribution is 0.0767. The topological polar surface area (TPSA) is 50.0 Å². The summed E-state index contributed by atoms with van der Waals surface area (Å²) in [6.07, 6.45) is 3.31. The van der Waals surface area contributed by atoms with Crippen LogP contribution >= 0.6 is 24.0 Å². The van der Waals surface area contributed by atoms with Gasteiger partial charge in [0, 0.05) is 42.9 Å². The summed E-state index contributed by atoms with van der Waals surface area (Å²) in [6, 6.07) is 4.65. The third-order valence-electron chi connectivity index (χ3n) is 6.37. The molecule has 1 N–H and O–H groups in total. The summed E-state index contributed by atoms with van der Waals surface area (Å²) in [5.74, 6) is 2.78. The van der Waals surface area contributed by atoms with Crippen LogP contribution in [0.15, 0.2) is 27.6 Å². The Bertz CT molecular complexity index is 865. The van der Waals surface area contributed by atoms with E-state index in [0.717, 1.165) is 41.3 Å². The zero-order valence-corrected chi connectivity index (χ0v) is 17.9. The van der Waals surface area contributed by atoms with E-state index < -0.39 is 0 Å². The van der Waals surface area contributed by atoms with Crippen LogP contribution in [-0.2, 0) is 11.3 Å². The van der Waals surface area contributed by atoms with E-state index in [1.807, 2.05) is 14.0 Å². The monoisotopic (exact) mass is 485 g/mol. The molecular weight excluding hydrogens is 460 g/mol. The van der Waals surface area contributed by atoms with Gasteiger partial charge in [0.15, 0.2) is 5.96 Å². The molecular formula is C20H25FIN3O2. The van der Waals surface area contributed by atoms with Crippen LogP contribution in [-0.4, -0.2) is 43.2 Å². The van der Waals surface area contributed by atoms with E-state index in [-0.39, 0.29) is 29.8 Å². The standard InChI is InChI=1S/C20H24FN3O2.HI/c1-11-13-7-12(21)3-4-16(13)26-19(11)8-23-20(22-2)24-9-14-15(10-24)18-6-5-17(14)25-18;/h3-4,7,14-15,17-18H,5-6,8-10H2,1-2H3,(H,22,23);1H. The molecule has 0 spiro atoms. The Balaban J connectivity index is 0.00000180. The molecule has 0 amide bonds. The molecule has 146 valence electrons. The quantitative estimate of drug-likeness (QED) is 0.401. The van der Waals surface area contributed by atoms with Gasteiger partial charge in [-0.25, -0.2) is 4.39 Å². The predicted octanol–water partition coefficient (Wildman–Crippen LogP) is 3.68. The van der Waals surface area contributed by atoms with E-state index in [1.165, 1.54) is 25.0 Å². The first-order valence-corrected chi connectivity index (χ1v) is 9.42. The van der Waals surface area contributed by atoms with Crippen molar-refractivity contribution in [1.82, 2.24) is 10.2 Å². The van der Waals surface area contributed by atoms with E-state index in [2.05, 4.69) is 15.2 Å². The lowest BCUT2D eigenvalue weighted by Crippen LogP contribution is -2.41. The van der Waals surface area contributed by atoms with Gasteiger partial charge in [0.25, 0.3) is 0 Å². The number of hydrogen-bond donors (Lipinski definition) is 1. The van der Waals surface area contributed by atoms with Crippen molar-refractivity contribution in [2.24, 2.45) is 16.8 Å². The third kappa shape index (κ3) is 3.12. The van der Waals surface area contributed by atoms with Gasteiger partial charge in [-0.3, -0.25) is 4.99 Å². The minimum absolute atomic E-state index is 0. The van der Waals surface area contributed by atoms with Crippen LogP contribution in [0.1, 0.15) is 24.2 Å². The smallest absolute Gasteiger partial charge is 0.194 e. The van der Waals surface area contributed by atoms with Crippen molar-refractivity contribution >= 4 is 40.9 Å². The second kappa shape index (κ2) is 7.24. The van der Waals surface area contributed by atoms with Crippen molar-refractivity contribution in [3.63, 3.8) is 0 Å². The van der Waals surface area contributed by atoms with Gasteiger partial charge in [0.1, 0.15) is 17.2 Å². The van der Waals surface area contributed by atoms with Crippen molar-refractivity contribution < 1.29 is 13.5 Å². The molecule has 0 radical (unpaired) electrons. The highest BCUT2D eigenvalue weighted by atomic mass is 127. The van der Waals surface area contributed by atoms with Crippen molar-refractivity contribution in [3.8, 4) is 0 Å². The van der Waals surface area contributed by atoms with Gasteiger partial charge in [-0.1, -0.05) is 0 Å². The van der Waals surface area contributed by atoms with Crippen molar-refractivity contribution in [2.75, 3.05) is 20.1 Å². The van der Waals surface area contributed by atoms with Crippen LogP contribution < -0.4 is 5.32 Å². The number of aryl methyl sites for hydroxylation is 1. The maximum absolute atomic E-state index is 13.5. The number of likely N-dealkylation sites (tertiary alicyclic amines) is 1. The molecule has 5 rings (SSSR count). The maximum atomic E-state index is 13.5. The minimum Gasteiger partial charge on any atom is -0.459 e. The summed E-state index contributed by atoms with van der Waals surface area (Å²) >= 11 is 0. The molecule has 1 aromatic heterocycles. The van der Waals surface area contributed by atoms with Crippen molar-refractivity contribution in [2.45, 2.75) is 38.5 Å². The number of guanidine groups is 1. The fourth-order valence-corrected chi connectivity index (χ4v) is 5.04. The second-order valence-electron chi connectivity index (χ2n) is 7.71. The number of benzene rings is 1. The summed E-state index contributed by atoms with van der Waals surface area (Å²) in [7, 11) is 1.82. The largest absolute Gasteiger partial charge is 0.459 e. The van der Waals surface area contributed by atoms with Gasteiger partial charge in [0.05, 0.1) is 18.8 Å². The fourth-order valence-electron chi connectivity index (χ4n) is 5.04. The van der Waals surface area contributed by atoms with Crippen LogP contribution in [0.2, 0.25) is 0 Å². The van der Waals surface area contributed by atoms with Gasteiger partial charge in [-0.05, 0) is 38.0 Å². The van der Waals surface area contributed by atoms with Crippen LogP contribution in [0.3, 0.4) is 0 Å². The fraction of sp³-hybridized carbons (Fsp3) is 0.550. The highest BCUT2D eigenvalue weighted by Gasteiger charge is 2.53. The van der Waals surface area contributed by atoms with Gasteiger partial charge in [-0.15, -0.1) is 24.0 Å². The number of hydrogen-bond acceptors (Lipinski definition) is 3. The Morgan fingerprint density at radius 3 is 2.63 bits per heavy atom. The van der Waals surface area contributed by atoms with E-state index in [9.17, 15) is 4.39 Å². The molecule has 3 aliphatic rings. The Kier molecular flexibility index (Phi) is 5.09. The summed E-state index contributed by atoms with van der Waals surface area (Å²) in [5.41, 5.74) is 1.70. The zero-order valence-electron chi connectivity index (χ0n) is 15.6. The first kappa shape index (κ1) is 19.0. The van der Waals surface area contributed by atoms with Gasteiger partial charge < -0.3 is 19.4 Å². The molecule has 0 saturated carbocycles. The molecule has 3 fully saturated rings. The summed E-state index contributed by atoms with van der Waals surface area (Å²) in [4.78, 5) is 6.82. The third-order valence-corrected chi connectivity index (χ3v) is 6.37. The Morgan fingerprint density at radius 1 is 1.26 bits per heavy atom. The van der Waals surface area contributed by atoms with E-state index in [1.54, 1.807) is 6.07 Å². The number of rotatable bonds is 2. The summed E-state index contributed by atoms with van der Waals surface area (Å²) in [5, 5.41) is 4.27. The van der Waals surface area contributed by atoms with Crippen LogP contribution in [0.4, 0.5) is 4.39 Å². The molecule has 2 aromatic rings. The number of halogens is 2. The van der Waals surface area contributed by atoms with Crippen LogP contribution in [0.5, 0.6) is 0 Å². The maximum Gasteiger partial charge on any atom is 0.194 e. The number of nitrogens with one attached hydrogen (secondary N) is 1. The Morgan fingerprint density at radius 2 is 1.96 bits per heavy atom. The Labute approximate surface area is 175 Å². The molecule has 0 aliphatic carbocycles. The highest BCUT2D eigenvalue weighted by Crippen LogP contribution is 2.47. The molecule has 1 aromatic carbocycles. The Hall–Kier alpha value is -1.35. The highest BCUT2D eigenvalue weighted by molar-refractivity contribution is 14.0. The average Bonchev–Trinajstić information content (AvgIpc) is 3.38. The van der Waals surface area contributed by atoms with Gasteiger partial charge >= 0.3 is 0 Å². The first-order valence-electron chi connectivity index (χ1n) is 9.42. The molecule has 4 unspecified atom stereocenters. The lowest BCUT2D eigenvalue weighted by Gasteiger charge is -2.23. The number of nitrogens with zero attached hydrogens (tertiary/aromatic N) is 2. The molecule has 3 saturated heterocycles. The second-order valence-corrected chi connectivity index (χ2v) is 7.71. The van der Waals surface area contributed by atoms with Crippen LogP contribution in [0.25, 0.3) is 11.0 Å². The first-order chi connectivity index (χ1) is 12.6. The predicted molar refractivity (Wildman–Crippen MR) is 113 cm³/mol. The van der Waals surface area contributed by atoms with E-state index in [0.29, 0.717) is 30.6 Å². The van der Waals surface area contributed by atoms with E-state index in [4.69, 9.17) is 9.15 Å².